The fourth-order valence-corrected chi connectivity index (χ4v) is 6.40. The van der Waals surface area contributed by atoms with Gasteiger partial charge in [0, 0.05) is 68.3 Å². The number of nitrogens with one attached hydrogen (secondary N) is 4. The van der Waals surface area contributed by atoms with Crippen molar-refractivity contribution in [3.63, 3.8) is 0 Å². The van der Waals surface area contributed by atoms with Crippen molar-refractivity contribution in [2.75, 3.05) is 0 Å². The number of fused-ring (bicyclic) bond motifs is 7. The van der Waals surface area contributed by atoms with Crippen molar-refractivity contribution in [2.45, 2.75) is 54.9 Å². The van der Waals surface area contributed by atoms with E-state index in [1.807, 2.05) is 19.9 Å². The number of carbonyl (C=O) groups is 2. The SMILES string of the molecule is CCc1c(C=O)/c2[nH]/c1=C\c1[nH]c3c(c1C)C(=O)[C@H](C)/C3=C1/N/C(=C\c3[nH]c(c(C)c3C)\C=2)[C@@H](C)[C@@H]1C. The van der Waals surface area contributed by atoms with Crippen molar-refractivity contribution in [3.8, 4) is 0 Å². The normalized spacial score (nSPS) is 27.3. The molecule has 2 aliphatic heterocycles. The minimum Gasteiger partial charge on any atom is -0.361 e. The van der Waals surface area contributed by atoms with Crippen molar-refractivity contribution in [1.82, 2.24) is 20.3 Å². The number of allylic oxidation sites excluding steroid dienone is 3. The van der Waals surface area contributed by atoms with E-state index < -0.39 is 0 Å². The standard InChI is InChI=1S/C31H34N4O2/c1-8-19-20(12-36)26-10-22-14(3)13(2)21(32-22)9-23-15(4)16(5)29(34-23)27-18(7)31(37)28-17(6)24(35-30(27)28)11-25(19)33-26/h9-12,15-16,18,32-35H,8H2,1-7H3/b23-9-,25-11-,26-10-,29-27-/t15-,16-,18+/m0/s1. The Balaban J connectivity index is 1.75. The highest BCUT2D eigenvalue weighted by Gasteiger charge is 2.41. The number of aldehydes is 1. The van der Waals surface area contributed by atoms with Crippen LogP contribution < -0.4 is 16.0 Å². The van der Waals surface area contributed by atoms with E-state index in [0.29, 0.717) is 12.0 Å². The van der Waals surface area contributed by atoms with E-state index in [2.05, 4.69) is 67.0 Å². The highest BCUT2D eigenvalue weighted by molar-refractivity contribution is 6.15. The molecule has 4 N–H and O–H groups in total. The predicted molar refractivity (Wildman–Crippen MR) is 148 cm³/mol. The highest BCUT2D eigenvalue weighted by atomic mass is 16.1. The molecule has 0 unspecified atom stereocenters. The Morgan fingerprint density at radius 2 is 1.49 bits per heavy atom. The quantitative estimate of drug-likeness (QED) is 0.398. The number of hydrogen-bond donors (Lipinski definition) is 4. The third-order valence-corrected chi connectivity index (χ3v) is 9.09. The predicted octanol–water partition coefficient (Wildman–Crippen LogP) is 4.40. The lowest BCUT2D eigenvalue weighted by Gasteiger charge is -2.14. The van der Waals surface area contributed by atoms with Gasteiger partial charge in [0.05, 0.1) is 11.0 Å². The molecule has 3 aromatic heterocycles. The van der Waals surface area contributed by atoms with Gasteiger partial charge in [-0.15, -0.1) is 0 Å². The first-order valence-corrected chi connectivity index (χ1v) is 13.2. The van der Waals surface area contributed by atoms with Crippen LogP contribution in [0.25, 0.3) is 23.8 Å². The van der Waals surface area contributed by atoms with Crippen LogP contribution in [0.3, 0.4) is 0 Å². The van der Waals surface area contributed by atoms with E-state index in [1.54, 1.807) is 0 Å². The van der Waals surface area contributed by atoms with Gasteiger partial charge in [0.1, 0.15) is 0 Å². The largest absolute Gasteiger partial charge is 0.361 e. The van der Waals surface area contributed by atoms with Gasteiger partial charge >= 0.3 is 0 Å². The van der Waals surface area contributed by atoms with E-state index >= 15 is 0 Å². The second-order valence-electron chi connectivity index (χ2n) is 10.9. The van der Waals surface area contributed by atoms with Crippen LogP contribution in [0.15, 0.2) is 11.4 Å². The van der Waals surface area contributed by atoms with Crippen LogP contribution >= 0.6 is 0 Å². The number of carbonyl (C=O) groups excluding carboxylic acids is 2. The van der Waals surface area contributed by atoms with Gasteiger partial charge in [0.15, 0.2) is 12.1 Å². The lowest BCUT2D eigenvalue weighted by Crippen LogP contribution is -2.14. The number of aromatic amines is 3. The summed E-state index contributed by atoms with van der Waals surface area (Å²) < 4.78 is 0. The number of ketones is 1. The number of H-pyrrole nitrogens is 3. The molecule has 190 valence electrons. The second-order valence-corrected chi connectivity index (χ2v) is 10.9. The molecule has 3 aromatic rings. The summed E-state index contributed by atoms with van der Waals surface area (Å²) in [6.07, 6.45) is 7.97. The number of Topliss-reactive ketones (excluding diaryl/α,β-unsaturated/α-hetero) is 1. The van der Waals surface area contributed by atoms with Crippen LogP contribution in [0, 0.1) is 38.5 Å². The molecule has 0 radical (unpaired) electrons. The molecule has 0 spiro atoms. The zero-order chi connectivity index (χ0) is 26.3. The third kappa shape index (κ3) is 3.17. The molecule has 3 atom stereocenters. The van der Waals surface area contributed by atoms with Crippen LogP contribution in [0.4, 0.5) is 0 Å². The van der Waals surface area contributed by atoms with Crippen LogP contribution in [-0.2, 0) is 6.42 Å². The van der Waals surface area contributed by atoms with E-state index in [4.69, 9.17) is 0 Å². The first-order valence-electron chi connectivity index (χ1n) is 13.2. The third-order valence-electron chi connectivity index (χ3n) is 9.09. The Morgan fingerprint density at radius 1 is 0.838 bits per heavy atom. The minimum atomic E-state index is -0.204. The summed E-state index contributed by atoms with van der Waals surface area (Å²) >= 11 is 0. The van der Waals surface area contributed by atoms with Crippen molar-refractivity contribution in [3.05, 3.63) is 78.2 Å². The average Bonchev–Trinajstić information content (AvgIpc) is 3.59. The molecule has 1 fully saturated rings. The molecule has 5 heterocycles. The van der Waals surface area contributed by atoms with Crippen LogP contribution in [-0.4, -0.2) is 27.0 Å². The van der Waals surface area contributed by atoms with Crippen molar-refractivity contribution < 1.29 is 9.59 Å². The molecule has 1 saturated heterocycles. The van der Waals surface area contributed by atoms with E-state index in [0.717, 1.165) is 79.0 Å². The van der Waals surface area contributed by atoms with Crippen LogP contribution in [0.1, 0.15) is 93.4 Å². The van der Waals surface area contributed by atoms with Crippen LogP contribution in [0.5, 0.6) is 0 Å². The van der Waals surface area contributed by atoms with Gasteiger partial charge in [-0.25, -0.2) is 0 Å². The van der Waals surface area contributed by atoms with Crippen LogP contribution in [0.2, 0.25) is 0 Å². The van der Waals surface area contributed by atoms with Gasteiger partial charge in [-0.3, -0.25) is 9.59 Å². The maximum absolute atomic E-state index is 13.5. The van der Waals surface area contributed by atoms with Crippen molar-refractivity contribution in [2.24, 2.45) is 17.8 Å². The molecular weight excluding hydrogens is 460 g/mol. The highest BCUT2D eigenvalue weighted by Crippen LogP contribution is 2.46. The molecule has 1 aliphatic carbocycles. The Labute approximate surface area is 216 Å². The summed E-state index contributed by atoms with van der Waals surface area (Å²) in [4.78, 5) is 36.5. The van der Waals surface area contributed by atoms with Gasteiger partial charge in [0.25, 0.3) is 0 Å². The summed E-state index contributed by atoms with van der Waals surface area (Å²) in [5.74, 6) is 0.492. The molecule has 6 nitrogen and oxygen atoms in total. The lowest BCUT2D eigenvalue weighted by molar-refractivity contribution is 0.0964. The summed E-state index contributed by atoms with van der Waals surface area (Å²) in [6, 6.07) is 0. The summed E-state index contributed by atoms with van der Waals surface area (Å²) in [7, 11) is 0. The topological polar surface area (TPSA) is 93.5 Å². The molecule has 3 aliphatic rings. The fraction of sp³-hybridized carbons (Fsp3) is 0.355. The molecule has 0 aromatic carbocycles. The second kappa shape index (κ2) is 8.10. The first kappa shape index (κ1) is 23.6. The fourth-order valence-electron chi connectivity index (χ4n) is 6.40. The van der Waals surface area contributed by atoms with E-state index in [-0.39, 0.29) is 23.5 Å². The van der Waals surface area contributed by atoms with E-state index in [1.165, 1.54) is 5.56 Å². The molecule has 6 rings (SSSR count). The molecule has 0 amide bonds. The maximum Gasteiger partial charge on any atom is 0.172 e. The monoisotopic (exact) mass is 494 g/mol. The van der Waals surface area contributed by atoms with Crippen molar-refractivity contribution >= 4 is 35.9 Å². The van der Waals surface area contributed by atoms with Crippen molar-refractivity contribution in [1.29, 1.82) is 0 Å². The number of hydrogen-bond acceptors (Lipinski definition) is 3. The average molecular weight is 495 g/mol. The van der Waals surface area contributed by atoms with E-state index in [9.17, 15) is 9.59 Å². The van der Waals surface area contributed by atoms with Gasteiger partial charge < -0.3 is 20.3 Å². The zero-order valence-corrected chi connectivity index (χ0v) is 22.6. The summed E-state index contributed by atoms with van der Waals surface area (Å²) in [5, 5.41) is 5.42. The Bertz CT molecular complexity index is 1700. The molecular formula is C31H34N4O2. The smallest absolute Gasteiger partial charge is 0.172 e. The minimum absolute atomic E-state index is 0.163. The lowest BCUT2D eigenvalue weighted by atomic mass is 9.90. The molecule has 6 heteroatoms. The maximum atomic E-state index is 13.5. The van der Waals surface area contributed by atoms with Gasteiger partial charge in [-0.1, -0.05) is 27.7 Å². The Hall–Kier alpha value is -3.80. The summed E-state index contributed by atoms with van der Waals surface area (Å²) in [5.41, 5.74) is 13.0. The van der Waals surface area contributed by atoms with Gasteiger partial charge in [-0.2, -0.15) is 0 Å². The number of rotatable bonds is 2. The molecule has 37 heavy (non-hydrogen) atoms. The van der Waals surface area contributed by atoms with Gasteiger partial charge in [0.2, 0.25) is 0 Å². The first-order chi connectivity index (χ1) is 17.7. The van der Waals surface area contributed by atoms with Gasteiger partial charge in [-0.05, 0) is 67.7 Å². The Morgan fingerprint density at radius 3 is 2.16 bits per heavy atom. The number of aromatic nitrogens is 3. The molecule has 8 bridgehead atoms. The Kier molecular flexibility index (Phi) is 5.17. The zero-order valence-electron chi connectivity index (χ0n) is 22.6. The summed E-state index contributed by atoms with van der Waals surface area (Å²) in [6.45, 7) is 14.8. The molecule has 0 saturated carbocycles.